The maximum Gasteiger partial charge on any atom is 0.336 e. The van der Waals surface area contributed by atoms with Crippen molar-refractivity contribution in [1.29, 1.82) is 5.26 Å². The highest BCUT2D eigenvalue weighted by atomic mass is 16.5. The van der Waals surface area contributed by atoms with E-state index in [2.05, 4.69) is 6.07 Å². The van der Waals surface area contributed by atoms with Gasteiger partial charge in [0.25, 0.3) is 0 Å². The minimum Gasteiger partial charge on any atom is -0.497 e. The molecule has 6 nitrogen and oxygen atoms in total. The molecule has 0 aromatic heterocycles. The first kappa shape index (κ1) is 23.2. The first-order valence-electron chi connectivity index (χ1n) is 10.0. The molecule has 0 radical (unpaired) electrons. The monoisotopic (exact) mass is 441 g/mol. The van der Waals surface area contributed by atoms with Crippen LogP contribution in [0.25, 0.3) is 17.7 Å². The number of allylic oxidation sites excluding steroid dienone is 1. The number of carbonyl (C=O) groups excluding carboxylic acids is 1. The summed E-state index contributed by atoms with van der Waals surface area (Å²) >= 11 is 0. The van der Waals surface area contributed by atoms with Crippen LogP contribution in [0.15, 0.2) is 72.8 Å². The zero-order valence-electron chi connectivity index (χ0n) is 18.6. The Bertz CT molecular complexity index is 1200. The van der Waals surface area contributed by atoms with E-state index < -0.39 is 5.97 Å². The molecular weight excluding hydrogens is 418 g/mol. The third kappa shape index (κ3) is 6.25. The predicted octanol–water partition coefficient (Wildman–Crippen LogP) is 5.40. The summed E-state index contributed by atoms with van der Waals surface area (Å²) in [6.45, 7) is 0. The van der Waals surface area contributed by atoms with Gasteiger partial charge in [-0.05, 0) is 71.3 Å². The largest absolute Gasteiger partial charge is 0.497 e. The molecule has 0 aliphatic carbocycles. The molecule has 0 N–H and O–H groups in total. The number of carbonyl (C=O) groups is 1. The molecule has 0 amide bonds. The Kier molecular flexibility index (Phi) is 7.87. The van der Waals surface area contributed by atoms with Gasteiger partial charge in [-0.2, -0.15) is 5.26 Å². The highest BCUT2D eigenvalue weighted by molar-refractivity contribution is 5.91. The fourth-order valence-electron chi connectivity index (χ4n) is 3.01. The Morgan fingerprint density at radius 2 is 1.42 bits per heavy atom. The van der Waals surface area contributed by atoms with Gasteiger partial charge in [-0.3, -0.25) is 0 Å². The summed E-state index contributed by atoms with van der Waals surface area (Å²) in [4.78, 5) is 12.1. The zero-order chi connectivity index (χ0) is 23.6. The lowest BCUT2D eigenvalue weighted by Gasteiger charge is -2.09. The highest BCUT2D eigenvalue weighted by Gasteiger charge is 2.08. The van der Waals surface area contributed by atoms with Crippen LogP contribution >= 0.6 is 0 Å². The first-order chi connectivity index (χ1) is 16.1. The van der Waals surface area contributed by atoms with Crippen LogP contribution in [0.2, 0.25) is 0 Å². The Balaban J connectivity index is 1.68. The number of hydrogen-bond donors (Lipinski definition) is 0. The van der Waals surface area contributed by atoms with Gasteiger partial charge in [-0.25, -0.2) is 4.79 Å². The van der Waals surface area contributed by atoms with Crippen molar-refractivity contribution in [2.24, 2.45) is 0 Å². The van der Waals surface area contributed by atoms with Gasteiger partial charge in [0.05, 0.1) is 33.0 Å². The van der Waals surface area contributed by atoms with Crippen LogP contribution < -0.4 is 18.9 Å². The maximum atomic E-state index is 12.1. The number of nitriles is 1. The van der Waals surface area contributed by atoms with Crippen molar-refractivity contribution in [3.05, 3.63) is 89.5 Å². The predicted molar refractivity (Wildman–Crippen MR) is 127 cm³/mol. The number of benzene rings is 3. The van der Waals surface area contributed by atoms with Gasteiger partial charge in [0.1, 0.15) is 11.5 Å². The van der Waals surface area contributed by atoms with Crippen molar-refractivity contribution in [3.8, 4) is 29.1 Å². The molecule has 0 aliphatic rings. The van der Waals surface area contributed by atoms with Crippen LogP contribution in [0.5, 0.6) is 23.0 Å². The summed E-state index contributed by atoms with van der Waals surface area (Å²) in [7, 11) is 4.70. The van der Waals surface area contributed by atoms with Gasteiger partial charge >= 0.3 is 5.97 Å². The molecule has 3 aromatic carbocycles. The van der Waals surface area contributed by atoms with Crippen LogP contribution in [0.1, 0.15) is 16.7 Å². The van der Waals surface area contributed by atoms with E-state index in [-0.39, 0.29) is 0 Å². The molecule has 0 fully saturated rings. The third-order valence-electron chi connectivity index (χ3n) is 4.75. The number of methoxy groups -OCH3 is 3. The fraction of sp³-hybridized carbons (Fsp3) is 0.111. The molecule has 0 saturated carbocycles. The average molecular weight is 441 g/mol. The SMILES string of the molecule is COc1ccc(/C=C/C(=O)Oc2ccc(/C=C(\C#N)c3ccc(OC)c(OC)c3)cc2)cc1. The Hall–Kier alpha value is -4.50. The number of nitrogens with zero attached hydrogens (tertiary/aromatic N) is 1. The van der Waals surface area contributed by atoms with Crippen molar-refractivity contribution in [1.82, 2.24) is 0 Å². The second-order valence-electron chi connectivity index (χ2n) is 6.84. The smallest absolute Gasteiger partial charge is 0.336 e. The number of hydrogen-bond acceptors (Lipinski definition) is 6. The van der Waals surface area contributed by atoms with Crippen molar-refractivity contribution >= 4 is 23.7 Å². The summed E-state index contributed by atoms with van der Waals surface area (Å²) in [5, 5.41) is 9.61. The molecule has 3 aromatic rings. The Labute approximate surface area is 192 Å². The summed E-state index contributed by atoms with van der Waals surface area (Å²) in [5.41, 5.74) is 2.81. The summed E-state index contributed by atoms with van der Waals surface area (Å²) < 4.78 is 21.0. The van der Waals surface area contributed by atoms with Gasteiger partial charge in [0.2, 0.25) is 0 Å². The normalized spacial score (nSPS) is 11.0. The first-order valence-corrected chi connectivity index (χ1v) is 10.0. The van der Waals surface area contributed by atoms with E-state index in [0.29, 0.717) is 28.4 Å². The lowest BCUT2D eigenvalue weighted by molar-refractivity contribution is -0.128. The van der Waals surface area contributed by atoms with Crippen LogP contribution in [-0.4, -0.2) is 27.3 Å². The second kappa shape index (κ2) is 11.2. The molecule has 0 bridgehead atoms. The molecule has 0 atom stereocenters. The van der Waals surface area contributed by atoms with E-state index in [1.807, 2.05) is 24.3 Å². The molecule has 166 valence electrons. The van der Waals surface area contributed by atoms with E-state index in [1.54, 1.807) is 75.9 Å². The number of esters is 1. The van der Waals surface area contributed by atoms with Gasteiger partial charge in [-0.15, -0.1) is 0 Å². The maximum absolute atomic E-state index is 12.1. The summed E-state index contributed by atoms with van der Waals surface area (Å²) in [6.07, 6.45) is 4.78. The molecule has 33 heavy (non-hydrogen) atoms. The van der Waals surface area contributed by atoms with Gasteiger partial charge in [0.15, 0.2) is 11.5 Å². The minimum absolute atomic E-state index is 0.404. The Morgan fingerprint density at radius 1 is 0.788 bits per heavy atom. The summed E-state index contributed by atoms with van der Waals surface area (Å²) in [5.74, 6) is 1.79. The Morgan fingerprint density at radius 3 is 2.03 bits per heavy atom. The van der Waals surface area contributed by atoms with Crippen LogP contribution in [0.4, 0.5) is 0 Å². The van der Waals surface area contributed by atoms with E-state index in [4.69, 9.17) is 18.9 Å². The van der Waals surface area contributed by atoms with Crippen LogP contribution in [0.3, 0.4) is 0 Å². The van der Waals surface area contributed by atoms with Crippen molar-refractivity contribution in [2.75, 3.05) is 21.3 Å². The van der Waals surface area contributed by atoms with Crippen molar-refractivity contribution in [3.63, 3.8) is 0 Å². The quantitative estimate of drug-likeness (QED) is 0.153. The lowest BCUT2D eigenvalue weighted by atomic mass is 10.0. The van der Waals surface area contributed by atoms with E-state index in [1.165, 1.54) is 6.08 Å². The molecule has 0 heterocycles. The minimum atomic E-state index is -0.489. The highest BCUT2D eigenvalue weighted by Crippen LogP contribution is 2.31. The van der Waals surface area contributed by atoms with Crippen LogP contribution in [-0.2, 0) is 4.79 Å². The molecule has 0 spiro atoms. The summed E-state index contributed by atoms with van der Waals surface area (Å²) in [6, 6.07) is 21.7. The van der Waals surface area contributed by atoms with E-state index >= 15 is 0 Å². The number of ether oxygens (including phenoxy) is 4. The van der Waals surface area contributed by atoms with E-state index in [0.717, 1.165) is 16.9 Å². The molecular formula is C27H23NO5. The van der Waals surface area contributed by atoms with Crippen LogP contribution in [0, 0.1) is 11.3 Å². The number of rotatable bonds is 8. The van der Waals surface area contributed by atoms with E-state index in [9.17, 15) is 10.1 Å². The molecule has 0 unspecified atom stereocenters. The van der Waals surface area contributed by atoms with Gasteiger partial charge in [0, 0.05) is 6.08 Å². The second-order valence-corrected chi connectivity index (χ2v) is 6.84. The molecule has 3 rings (SSSR count). The third-order valence-corrected chi connectivity index (χ3v) is 4.75. The van der Waals surface area contributed by atoms with Crippen molar-refractivity contribution in [2.45, 2.75) is 0 Å². The molecule has 6 heteroatoms. The molecule has 0 saturated heterocycles. The zero-order valence-corrected chi connectivity index (χ0v) is 18.6. The fourth-order valence-corrected chi connectivity index (χ4v) is 3.01. The van der Waals surface area contributed by atoms with Gasteiger partial charge < -0.3 is 18.9 Å². The average Bonchev–Trinajstić information content (AvgIpc) is 2.86. The molecule has 0 aliphatic heterocycles. The van der Waals surface area contributed by atoms with Crippen molar-refractivity contribution < 1.29 is 23.7 Å². The topological polar surface area (TPSA) is 77.8 Å². The standard InChI is InChI=1S/C27H23NO5/c1-30-23-10-4-19(5-11-23)8-15-27(29)33-24-12-6-20(7-13-24)16-22(18-28)21-9-14-25(31-2)26(17-21)32-3/h4-17H,1-3H3/b15-8+,22-16+. The van der Waals surface area contributed by atoms with Gasteiger partial charge in [-0.1, -0.05) is 24.3 Å². The lowest BCUT2D eigenvalue weighted by Crippen LogP contribution is -2.03.